The minimum atomic E-state index is -1.19. The topological polar surface area (TPSA) is 49.8 Å². The maximum absolute atomic E-state index is 11.2. The van der Waals surface area contributed by atoms with Crippen molar-refractivity contribution in [1.82, 2.24) is 0 Å². The summed E-state index contributed by atoms with van der Waals surface area (Å²) in [5, 5.41) is 9.70. The van der Waals surface area contributed by atoms with Gasteiger partial charge in [0, 0.05) is 18.8 Å². The summed E-state index contributed by atoms with van der Waals surface area (Å²) in [6.45, 7) is 2.16. The third-order valence-electron chi connectivity index (χ3n) is 3.35. The maximum atomic E-state index is 11.2. The SMILES string of the molecule is COC(=O)C(O)c1ccc(N2CCCCC2)cc1. The molecule has 1 N–H and O–H groups in total. The number of aliphatic hydroxyl groups is 1. The van der Waals surface area contributed by atoms with Crippen LogP contribution in [0.3, 0.4) is 0 Å². The normalized spacial score (nSPS) is 17.3. The Morgan fingerprint density at radius 2 is 1.83 bits per heavy atom. The first-order valence-corrected chi connectivity index (χ1v) is 6.33. The summed E-state index contributed by atoms with van der Waals surface area (Å²) < 4.78 is 4.51. The standard InChI is InChI=1S/C14H19NO3/c1-18-14(17)13(16)11-5-7-12(8-6-11)15-9-3-2-4-10-15/h5-8,13,16H,2-4,9-10H2,1H3. The molecule has 1 saturated heterocycles. The Morgan fingerprint density at radius 1 is 1.22 bits per heavy atom. The average Bonchev–Trinajstić information content (AvgIpc) is 2.47. The fourth-order valence-corrected chi connectivity index (χ4v) is 2.27. The highest BCUT2D eigenvalue weighted by Crippen LogP contribution is 2.22. The molecule has 0 aromatic heterocycles. The Balaban J connectivity index is 2.07. The van der Waals surface area contributed by atoms with E-state index >= 15 is 0 Å². The average molecular weight is 249 g/mol. The van der Waals surface area contributed by atoms with Crippen LogP contribution in [-0.4, -0.2) is 31.3 Å². The van der Waals surface area contributed by atoms with E-state index in [1.807, 2.05) is 12.1 Å². The zero-order valence-electron chi connectivity index (χ0n) is 10.6. The summed E-state index contributed by atoms with van der Waals surface area (Å²) in [7, 11) is 1.27. The molecule has 4 heteroatoms. The summed E-state index contributed by atoms with van der Waals surface area (Å²) in [5.74, 6) is -0.624. The molecule has 0 amide bonds. The number of nitrogens with zero attached hydrogens (tertiary/aromatic N) is 1. The van der Waals surface area contributed by atoms with Crippen molar-refractivity contribution in [3.05, 3.63) is 29.8 Å². The number of rotatable bonds is 3. The second kappa shape index (κ2) is 5.87. The van der Waals surface area contributed by atoms with E-state index in [1.165, 1.54) is 26.4 Å². The zero-order valence-corrected chi connectivity index (χ0v) is 10.6. The third kappa shape index (κ3) is 2.82. The summed E-state index contributed by atoms with van der Waals surface area (Å²) in [6, 6.07) is 7.47. The predicted molar refractivity (Wildman–Crippen MR) is 69.5 cm³/mol. The Hall–Kier alpha value is -1.55. The van der Waals surface area contributed by atoms with Crippen LogP contribution in [0, 0.1) is 0 Å². The van der Waals surface area contributed by atoms with Gasteiger partial charge in [0.2, 0.25) is 0 Å². The van der Waals surface area contributed by atoms with Gasteiger partial charge in [-0.2, -0.15) is 0 Å². The monoisotopic (exact) mass is 249 g/mol. The van der Waals surface area contributed by atoms with Crippen LogP contribution in [0.15, 0.2) is 24.3 Å². The van der Waals surface area contributed by atoms with Gasteiger partial charge in [-0.1, -0.05) is 12.1 Å². The number of methoxy groups -OCH3 is 1. The van der Waals surface area contributed by atoms with Gasteiger partial charge in [0.1, 0.15) is 0 Å². The van der Waals surface area contributed by atoms with Crippen LogP contribution >= 0.6 is 0 Å². The lowest BCUT2D eigenvalue weighted by Crippen LogP contribution is -2.29. The van der Waals surface area contributed by atoms with Gasteiger partial charge in [0.15, 0.2) is 6.10 Å². The maximum Gasteiger partial charge on any atom is 0.339 e. The van der Waals surface area contributed by atoms with E-state index in [1.54, 1.807) is 12.1 Å². The molecule has 0 aliphatic carbocycles. The van der Waals surface area contributed by atoms with Crippen molar-refractivity contribution in [3.8, 4) is 0 Å². The van der Waals surface area contributed by atoms with E-state index in [2.05, 4.69) is 9.64 Å². The van der Waals surface area contributed by atoms with Crippen LogP contribution in [-0.2, 0) is 9.53 Å². The van der Waals surface area contributed by atoms with Crippen molar-refractivity contribution >= 4 is 11.7 Å². The number of carbonyl (C=O) groups excluding carboxylic acids is 1. The highest BCUT2D eigenvalue weighted by atomic mass is 16.5. The fourth-order valence-electron chi connectivity index (χ4n) is 2.27. The van der Waals surface area contributed by atoms with Gasteiger partial charge in [-0.15, -0.1) is 0 Å². The smallest absolute Gasteiger partial charge is 0.339 e. The van der Waals surface area contributed by atoms with E-state index in [-0.39, 0.29) is 0 Å². The van der Waals surface area contributed by atoms with Crippen LogP contribution in [0.1, 0.15) is 30.9 Å². The molecular weight excluding hydrogens is 230 g/mol. The minimum absolute atomic E-state index is 0.572. The van der Waals surface area contributed by atoms with Crippen molar-refractivity contribution in [2.75, 3.05) is 25.1 Å². The number of esters is 1. The van der Waals surface area contributed by atoms with E-state index in [4.69, 9.17) is 0 Å². The third-order valence-corrected chi connectivity index (χ3v) is 3.35. The van der Waals surface area contributed by atoms with E-state index < -0.39 is 12.1 Å². The molecule has 1 unspecified atom stereocenters. The van der Waals surface area contributed by atoms with Crippen LogP contribution in [0.25, 0.3) is 0 Å². The Kier molecular flexibility index (Phi) is 4.20. The van der Waals surface area contributed by atoms with Crippen LogP contribution < -0.4 is 4.90 Å². The van der Waals surface area contributed by atoms with Gasteiger partial charge in [0.25, 0.3) is 0 Å². The van der Waals surface area contributed by atoms with Gasteiger partial charge in [-0.3, -0.25) is 0 Å². The van der Waals surface area contributed by atoms with Crippen molar-refractivity contribution in [1.29, 1.82) is 0 Å². The molecule has 0 spiro atoms. The summed E-state index contributed by atoms with van der Waals surface area (Å²) in [6.07, 6.45) is 2.57. The highest BCUT2D eigenvalue weighted by molar-refractivity contribution is 5.76. The van der Waals surface area contributed by atoms with Gasteiger partial charge in [-0.25, -0.2) is 4.79 Å². The van der Waals surface area contributed by atoms with Crippen molar-refractivity contribution in [3.63, 3.8) is 0 Å². The molecule has 0 bridgehead atoms. The van der Waals surface area contributed by atoms with Crippen molar-refractivity contribution in [2.45, 2.75) is 25.4 Å². The van der Waals surface area contributed by atoms with E-state index in [0.29, 0.717) is 5.56 Å². The van der Waals surface area contributed by atoms with Crippen LogP contribution in [0.4, 0.5) is 5.69 Å². The highest BCUT2D eigenvalue weighted by Gasteiger charge is 2.18. The van der Waals surface area contributed by atoms with E-state index in [9.17, 15) is 9.90 Å². The molecule has 1 heterocycles. The quantitative estimate of drug-likeness (QED) is 0.831. The lowest BCUT2D eigenvalue weighted by atomic mass is 10.1. The number of hydrogen-bond donors (Lipinski definition) is 1. The number of ether oxygens (including phenoxy) is 1. The number of hydrogen-bond acceptors (Lipinski definition) is 4. The molecule has 1 atom stereocenters. The van der Waals surface area contributed by atoms with Gasteiger partial charge in [-0.05, 0) is 37.0 Å². The first-order chi connectivity index (χ1) is 8.72. The zero-order chi connectivity index (χ0) is 13.0. The Morgan fingerprint density at radius 3 is 2.39 bits per heavy atom. The number of aliphatic hydroxyl groups excluding tert-OH is 1. The summed E-state index contributed by atoms with van der Waals surface area (Å²) >= 11 is 0. The van der Waals surface area contributed by atoms with Gasteiger partial charge in [0.05, 0.1) is 7.11 Å². The Bertz CT molecular complexity index is 396. The van der Waals surface area contributed by atoms with Gasteiger partial charge >= 0.3 is 5.97 Å². The van der Waals surface area contributed by atoms with Crippen molar-refractivity contribution < 1.29 is 14.6 Å². The molecule has 1 fully saturated rings. The second-order valence-corrected chi connectivity index (χ2v) is 4.56. The molecule has 4 nitrogen and oxygen atoms in total. The number of anilines is 1. The van der Waals surface area contributed by atoms with Crippen LogP contribution in [0.5, 0.6) is 0 Å². The molecule has 1 aliphatic heterocycles. The summed E-state index contributed by atoms with van der Waals surface area (Å²) in [4.78, 5) is 13.5. The summed E-state index contributed by atoms with van der Waals surface area (Å²) in [5.41, 5.74) is 1.72. The molecule has 98 valence electrons. The molecular formula is C14H19NO3. The van der Waals surface area contributed by atoms with Crippen LogP contribution in [0.2, 0.25) is 0 Å². The lowest BCUT2D eigenvalue weighted by Gasteiger charge is -2.29. The fraction of sp³-hybridized carbons (Fsp3) is 0.500. The largest absolute Gasteiger partial charge is 0.467 e. The number of carbonyl (C=O) groups is 1. The molecule has 1 aromatic rings. The lowest BCUT2D eigenvalue weighted by molar-refractivity contribution is -0.150. The molecule has 0 saturated carbocycles. The minimum Gasteiger partial charge on any atom is -0.467 e. The molecule has 18 heavy (non-hydrogen) atoms. The first-order valence-electron chi connectivity index (χ1n) is 6.33. The number of piperidine rings is 1. The molecule has 1 aliphatic rings. The van der Waals surface area contributed by atoms with Crippen molar-refractivity contribution in [2.24, 2.45) is 0 Å². The van der Waals surface area contributed by atoms with Gasteiger partial charge < -0.3 is 14.7 Å². The predicted octanol–water partition coefficient (Wildman–Crippen LogP) is 1.88. The molecule has 2 rings (SSSR count). The molecule has 1 aromatic carbocycles. The van der Waals surface area contributed by atoms with E-state index in [0.717, 1.165) is 18.8 Å². The first kappa shape index (κ1) is 12.9. The molecule has 0 radical (unpaired) electrons. The number of benzene rings is 1. The second-order valence-electron chi connectivity index (χ2n) is 4.56. The Labute approximate surface area is 107 Å².